The molecule has 2 heterocycles. The summed E-state index contributed by atoms with van der Waals surface area (Å²) in [6, 6.07) is 7.52. The first kappa shape index (κ1) is 23.2. The summed E-state index contributed by atoms with van der Waals surface area (Å²) >= 11 is 6.07. The third kappa shape index (κ3) is 5.88. The van der Waals surface area contributed by atoms with Crippen molar-refractivity contribution in [3.05, 3.63) is 56.5 Å². The van der Waals surface area contributed by atoms with Crippen molar-refractivity contribution in [3.63, 3.8) is 0 Å². The van der Waals surface area contributed by atoms with Crippen LogP contribution in [-0.4, -0.2) is 41.8 Å². The van der Waals surface area contributed by atoms with Gasteiger partial charge in [-0.05, 0) is 81.6 Å². The van der Waals surface area contributed by atoms with E-state index in [1.807, 2.05) is 24.3 Å². The van der Waals surface area contributed by atoms with Crippen molar-refractivity contribution < 1.29 is 4.39 Å². The van der Waals surface area contributed by atoms with Crippen LogP contribution in [0.1, 0.15) is 67.2 Å². The van der Waals surface area contributed by atoms with Crippen molar-refractivity contribution >= 4 is 17.5 Å². The van der Waals surface area contributed by atoms with Crippen LogP contribution >= 0.6 is 11.6 Å². The molecule has 0 bridgehead atoms. The number of anilines is 1. The molecule has 1 aliphatic heterocycles. The van der Waals surface area contributed by atoms with Crippen LogP contribution < -0.4 is 21.9 Å². The van der Waals surface area contributed by atoms with E-state index in [1.54, 1.807) is 0 Å². The lowest BCUT2D eigenvalue weighted by molar-refractivity contribution is 0.234. The molecule has 5 N–H and O–H groups in total. The van der Waals surface area contributed by atoms with Crippen LogP contribution in [0.3, 0.4) is 0 Å². The Bertz CT molecular complexity index is 954. The van der Waals surface area contributed by atoms with Gasteiger partial charge in [-0.25, -0.2) is 9.37 Å². The molecule has 0 radical (unpaired) electrons. The fraction of sp³-hybridized carbons (Fsp3) is 0.583. The Morgan fingerprint density at radius 2 is 1.91 bits per heavy atom. The zero-order chi connectivity index (χ0) is 22.5. The molecular weight excluding hydrogens is 429 g/mol. The molecule has 0 amide bonds. The number of H-pyrrole nitrogens is 1. The molecule has 174 valence electrons. The summed E-state index contributed by atoms with van der Waals surface area (Å²) in [6.07, 6.45) is 4.29. The van der Waals surface area contributed by atoms with Gasteiger partial charge in [-0.2, -0.15) is 0 Å². The van der Waals surface area contributed by atoms with Crippen LogP contribution in [0.4, 0.5) is 10.3 Å². The summed E-state index contributed by atoms with van der Waals surface area (Å²) in [5.74, 6) is 0.799. The van der Waals surface area contributed by atoms with E-state index >= 15 is 0 Å². The second kappa shape index (κ2) is 10.8. The van der Waals surface area contributed by atoms with E-state index < -0.39 is 6.17 Å². The van der Waals surface area contributed by atoms with E-state index in [4.69, 9.17) is 22.3 Å². The molecule has 32 heavy (non-hydrogen) atoms. The number of rotatable bonds is 7. The molecule has 2 fully saturated rings. The molecule has 8 heteroatoms. The molecule has 6 nitrogen and oxygen atoms in total. The normalized spacial score (nSPS) is 23.1. The summed E-state index contributed by atoms with van der Waals surface area (Å²) in [4.78, 5) is 21.0. The van der Waals surface area contributed by atoms with Crippen molar-refractivity contribution in [1.82, 2.24) is 15.3 Å². The topological polar surface area (TPSA) is 95.8 Å². The lowest BCUT2D eigenvalue weighted by atomic mass is 9.80. The third-order valence-electron chi connectivity index (χ3n) is 6.69. The molecule has 0 spiro atoms. The molecule has 1 aromatic carbocycles. The molecular formula is C24H33ClFN5O. The predicted molar refractivity (Wildman–Crippen MR) is 127 cm³/mol. The SMILES string of the molecule is NC(CNc1nc(C2CCNCC2)c(C2CCC(F)CC2)c(=O)[nH]1)Cc1cccc(Cl)c1. The average Bonchev–Trinajstić information content (AvgIpc) is 2.79. The lowest BCUT2D eigenvalue weighted by Gasteiger charge is -2.29. The number of hydrogen-bond donors (Lipinski definition) is 4. The standard InChI is InChI=1S/C24H33ClFN5O/c25-18-3-1-2-15(12-18)13-20(27)14-29-24-30-22(17-8-10-28-11-9-17)21(23(32)31-24)16-4-6-19(26)7-5-16/h1-3,12,16-17,19-20,28H,4-11,13-14,27H2,(H2,29,30,31,32). The molecule has 4 rings (SSSR count). The molecule has 1 unspecified atom stereocenters. The first-order valence-electron chi connectivity index (χ1n) is 11.7. The first-order valence-corrected chi connectivity index (χ1v) is 12.1. The second-order valence-electron chi connectivity index (χ2n) is 9.16. The van der Waals surface area contributed by atoms with Crippen LogP contribution in [0, 0.1) is 0 Å². The predicted octanol–water partition coefficient (Wildman–Crippen LogP) is 3.87. The Kier molecular flexibility index (Phi) is 7.81. The van der Waals surface area contributed by atoms with Gasteiger partial charge in [0.1, 0.15) is 6.17 Å². The Balaban J connectivity index is 1.51. The highest BCUT2D eigenvalue weighted by Crippen LogP contribution is 2.37. The average molecular weight is 462 g/mol. The second-order valence-corrected chi connectivity index (χ2v) is 9.60. The van der Waals surface area contributed by atoms with Gasteiger partial charge >= 0.3 is 0 Å². The number of hydrogen-bond acceptors (Lipinski definition) is 5. The summed E-state index contributed by atoms with van der Waals surface area (Å²) in [5, 5.41) is 7.31. The largest absolute Gasteiger partial charge is 0.354 e. The van der Waals surface area contributed by atoms with E-state index in [-0.39, 0.29) is 23.4 Å². The highest BCUT2D eigenvalue weighted by molar-refractivity contribution is 6.30. The van der Waals surface area contributed by atoms with Crippen LogP contribution in [-0.2, 0) is 6.42 Å². The van der Waals surface area contributed by atoms with Gasteiger partial charge in [-0.1, -0.05) is 23.7 Å². The molecule has 2 aliphatic rings. The number of halogens is 2. The van der Waals surface area contributed by atoms with Gasteiger partial charge in [0.05, 0.1) is 5.69 Å². The Hall–Kier alpha value is -1.96. The third-order valence-corrected chi connectivity index (χ3v) is 6.93. The monoisotopic (exact) mass is 461 g/mol. The van der Waals surface area contributed by atoms with Gasteiger partial charge in [0.25, 0.3) is 5.56 Å². The van der Waals surface area contributed by atoms with Crippen LogP contribution in [0.15, 0.2) is 29.1 Å². The molecule has 1 saturated carbocycles. The molecule has 1 atom stereocenters. The van der Waals surface area contributed by atoms with E-state index in [0.717, 1.165) is 42.8 Å². The van der Waals surface area contributed by atoms with E-state index in [9.17, 15) is 9.18 Å². The van der Waals surface area contributed by atoms with Gasteiger partial charge < -0.3 is 16.4 Å². The summed E-state index contributed by atoms with van der Waals surface area (Å²) in [7, 11) is 0. The molecule has 1 saturated heterocycles. The fourth-order valence-electron chi connectivity index (χ4n) is 4.99. The zero-order valence-corrected chi connectivity index (χ0v) is 19.1. The minimum atomic E-state index is -0.748. The maximum absolute atomic E-state index is 13.7. The number of nitrogens with zero attached hydrogens (tertiary/aromatic N) is 1. The summed E-state index contributed by atoms with van der Waals surface area (Å²) in [5.41, 5.74) is 8.96. The minimum Gasteiger partial charge on any atom is -0.354 e. The zero-order valence-electron chi connectivity index (χ0n) is 18.4. The Morgan fingerprint density at radius 1 is 1.16 bits per heavy atom. The van der Waals surface area contributed by atoms with E-state index in [0.29, 0.717) is 49.6 Å². The summed E-state index contributed by atoms with van der Waals surface area (Å²) < 4.78 is 13.7. The highest BCUT2D eigenvalue weighted by atomic mass is 35.5. The maximum Gasteiger partial charge on any atom is 0.256 e. The van der Waals surface area contributed by atoms with Crippen LogP contribution in [0.25, 0.3) is 0 Å². The first-order chi connectivity index (χ1) is 15.5. The summed E-state index contributed by atoms with van der Waals surface area (Å²) in [6.45, 7) is 2.32. The van der Waals surface area contributed by atoms with Gasteiger partial charge in [-0.15, -0.1) is 0 Å². The maximum atomic E-state index is 13.7. The van der Waals surface area contributed by atoms with Crippen molar-refractivity contribution in [3.8, 4) is 0 Å². The van der Waals surface area contributed by atoms with Crippen molar-refractivity contribution in [2.45, 2.75) is 69.0 Å². The Morgan fingerprint density at radius 3 is 2.62 bits per heavy atom. The number of alkyl halides is 1. The van der Waals surface area contributed by atoms with Crippen LogP contribution in [0.2, 0.25) is 5.02 Å². The number of nitrogens with two attached hydrogens (primary N) is 1. The van der Waals surface area contributed by atoms with E-state index in [2.05, 4.69) is 15.6 Å². The molecule has 2 aromatic rings. The lowest BCUT2D eigenvalue weighted by Crippen LogP contribution is -2.34. The quantitative estimate of drug-likeness (QED) is 0.502. The van der Waals surface area contributed by atoms with Crippen molar-refractivity contribution in [2.75, 3.05) is 25.0 Å². The molecule has 1 aliphatic carbocycles. The van der Waals surface area contributed by atoms with Crippen molar-refractivity contribution in [1.29, 1.82) is 0 Å². The van der Waals surface area contributed by atoms with Crippen molar-refractivity contribution in [2.24, 2.45) is 5.73 Å². The van der Waals surface area contributed by atoms with Gasteiger partial charge in [0.2, 0.25) is 5.95 Å². The number of benzene rings is 1. The van der Waals surface area contributed by atoms with Gasteiger partial charge in [-0.3, -0.25) is 9.78 Å². The smallest absolute Gasteiger partial charge is 0.256 e. The number of piperidine rings is 1. The fourth-order valence-corrected chi connectivity index (χ4v) is 5.21. The number of nitrogens with one attached hydrogen (secondary N) is 3. The number of aromatic nitrogens is 2. The Labute approximate surface area is 193 Å². The molecule has 1 aromatic heterocycles. The van der Waals surface area contributed by atoms with Gasteiger partial charge in [0.15, 0.2) is 0 Å². The van der Waals surface area contributed by atoms with Crippen LogP contribution in [0.5, 0.6) is 0 Å². The minimum absolute atomic E-state index is 0.0854. The number of aromatic amines is 1. The highest BCUT2D eigenvalue weighted by Gasteiger charge is 2.30. The van der Waals surface area contributed by atoms with Gasteiger partial charge in [0, 0.05) is 29.1 Å². The van der Waals surface area contributed by atoms with E-state index in [1.165, 1.54) is 0 Å².